The molecule has 10 heteroatoms. The Labute approximate surface area is 225 Å². The summed E-state index contributed by atoms with van der Waals surface area (Å²) in [6.07, 6.45) is 6.02. The van der Waals surface area contributed by atoms with Crippen molar-refractivity contribution >= 4 is 40.0 Å². The standard InChI is InChI=1S/C29H29N7O3/c1-35(14-11-18-7-4-5-8-19(18)28(37)38)25-16-26(39-3)24(15-22(25)30)34-29-32-13-10-23(33-29)21-17-36(2)27-20(21)9-6-12-31-27/h4-10,12-13,15-17H,11,14,30H2,1-3H3,(H,37,38)(H,32,33,34). The zero-order valence-corrected chi connectivity index (χ0v) is 21.9. The van der Waals surface area contributed by atoms with Gasteiger partial charge in [0.2, 0.25) is 5.95 Å². The van der Waals surface area contributed by atoms with Crippen LogP contribution in [0.3, 0.4) is 0 Å². The lowest BCUT2D eigenvalue weighted by Crippen LogP contribution is -2.22. The fourth-order valence-corrected chi connectivity index (χ4v) is 4.64. The number of hydrogen-bond donors (Lipinski definition) is 3. The summed E-state index contributed by atoms with van der Waals surface area (Å²) in [6.45, 7) is 0.565. The number of carbonyl (C=O) groups is 1. The molecule has 10 nitrogen and oxygen atoms in total. The summed E-state index contributed by atoms with van der Waals surface area (Å²) in [6, 6.07) is 16.4. The molecule has 5 rings (SSSR count). The van der Waals surface area contributed by atoms with Gasteiger partial charge in [0.05, 0.1) is 35.4 Å². The molecular weight excluding hydrogens is 494 g/mol. The number of nitrogen functional groups attached to an aromatic ring is 1. The van der Waals surface area contributed by atoms with Crippen LogP contribution in [0.4, 0.5) is 23.0 Å². The third kappa shape index (κ3) is 5.17. The number of hydrogen-bond acceptors (Lipinski definition) is 8. The van der Waals surface area contributed by atoms with Gasteiger partial charge in [-0.25, -0.2) is 19.7 Å². The summed E-state index contributed by atoms with van der Waals surface area (Å²) in [7, 11) is 5.45. The number of aryl methyl sites for hydroxylation is 1. The largest absolute Gasteiger partial charge is 0.494 e. The monoisotopic (exact) mass is 523 g/mol. The molecule has 0 fully saturated rings. The lowest BCUT2D eigenvalue weighted by atomic mass is 10.0. The van der Waals surface area contributed by atoms with Gasteiger partial charge in [0, 0.05) is 56.2 Å². The highest BCUT2D eigenvalue weighted by molar-refractivity contribution is 5.93. The van der Waals surface area contributed by atoms with E-state index in [1.54, 1.807) is 37.7 Å². The molecule has 0 amide bonds. The van der Waals surface area contributed by atoms with Gasteiger partial charge in [-0.15, -0.1) is 0 Å². The van der Waals surface area contributed by atoms with Gasteiger partial charge in [0.1, 0.15) is 11.4 Å². The van der Waals surface area contributed by atoms with Crippen molar-refractivity contribution in [3.8, 4) is 17.0 Å². The van der Waals surface area contributed by atoms with Crippen LogP contribution in [0, 0.1) is 0 Å². The number of aromatic carboxylic acids is 1. The molecule has 39 heavy (non-hydrogen) atoms. The molecular formula is C29H29N7O3. The van der Waals surface area contributed by atoms with E-state index in [9.17, 15) is 9.90 Å². The second kappa shape index (κ2) is 10.7. The Morgan fingerprint density at radius 3 is 2.74 bits per heavy atom. The van der Waals surface area contributed by atoms with E-state index in [4.69, 9.17) is 15.5 Å². The average molecular weight is 524 g/mol. The first-order valence-electron chi connectivity index (χ1n) is 12.4. The van der Waals surface area contributed by atoms with E-state index in [2.05, 4.69) is 15.3 Å². The minimum atomic E-state index is -0.937. The van der Waals surface area contributed by atoms with E-state index in [0.29, 0.717) is 41.6 Å². The topological polar surface area (TPSA) is 131 Å². The molecule has 5 aromatic rings. The number of nitrogens with zero attached hydrogens (tertiary/aromatic N) is 5. The Kier molecular flexibility index (Phi) is 7.00. The minimum absolute atomic E-state index is 0.304. The fraction of sp³-hybridized carbons (Fsp3) is 0.172. The molecule has 0 atom stereocenters. The van der Waals surface area contributed by atoms with Crippen LogP contribution in [0.15, 0.2) is 73.2 Å². The Bertz CT molecular complexity index is 1660. The Balaban J connectivity index is 1.38. The number of aromatic nitrogens is 4. The second-order valence-electron chi connectivity index (χ2n) is 9.16. The van der Waals surface area contributed by atoms with Gasteiger partial charge in [-0.1, -0.05) is 18.2 Å². The third-order valence-corrected chi connectivity index (χ3v) is 6.64. The predicted molar refractivity (Wildman–Crippen MR) is 153 cm³/mol. The maximum atomic E-state index is 11.6. The van der Waals surface area contributed by atoms with Crippen molar-refractivity contribution in [1.82, 2.24) is 19.5 Å². The molecule has 0 aliphatic rings. The number of nitrogens with one attached hydrogen (secondary N) is 1. The number of fused-ring (bicyclic) bond motifs is 1. The van der Waals surface area contributed by atoms with Crippen LogP contribution < -0.4 is 20.7 Å². The fourth-order valence-electron chi connectivity index (χ4n) is 4.64. The van der Waals surface area contributed by atoms with Gasteiger partial charge in [-0.05, 0) is 42.3 Å². The van der Waals surface area contributed by atoms with Gasteiger partial charge in [0.25, 0.3) is 0 Å². The SMILES string of the molecule is COc1cc(N(C)CCc2ccccc2C(=O)O)c(N)cc1Nc1nccc(-c2cn(C)c3ncccc23)n1. The normalized spacial score (nSPS) is 10.9. The maximum Gasteiger partial charge on any atom is 0.335 e. The molecule has 0 aliphatic heterocycles. The smallest absolute Gasteiger partial charge is 0.335 e. The highest BCUT2D eigenvalue weighted by Crippen LogP contribution is 2.36. The molecule has 0 radical (unpaired) electrons. The van der Waals surface area contributed by atoms with Gasteiger partial charge in [-0.3, -0.25) is 0 Å². The maximum absolute atomic E-state index is 11.6. The van der Waals surface area contributed by atoms with Crippen LogP contribution in [-0.4, -0.2) is 51.3 Å². The van der Waals surface area contributed by atoms with Crippen LogP contribution >= 0.6 is 0 Å². The number of methoxy groups -OCH3 is 1. The highest BCUT2D eigenvalue weighted by Gasteiger charge is 2.16. The molecule has 2 aromatic carbocycles. The Hall–Kier alpha value is -5.12. The van der Waals surface area contributed by atoms with E-state index < -0.39 is 5.97 Å². The molecule has 0 saturated heterocycles. The zero-order valence-electron chi connectivity index (χ0n) is 21.9. The van der Waals surface area contributed by atoms with Crippen LogP contribution in [-0.2, 0) is 13.5 Å². The minimum Gasteiger partial charge on any atom is -0.494 e. The molecule has 0 saturated carbocycles. The number of carboxylic acid groups (broad SMARTS) is 1. The first-order chi connectivity index (χ1) is 18.9. The molecule has 0 aliphatic carbocycles. The van der Waals surface area contributed by atoms with Crippen LogP contribution in [0.1, 0.15) is 15.9 Å². The van der Waals surface area contributed by atoms with Crippen molar-refractivity contribution in [3.05, 3.63) is 84.3 Å². The number of nitrogens with two attached hydrogens (primary N) is 1. The van der Waals surface area contributed by atoms with Crippen LogP contribution in [0.5, 0.6) is 5.75 Å². The number of anilines is 4. The first-order valence-corrected chi connectivity index (χ1v) is 12.4. The van der Waals surface area contributed by atoms with Crippen LogP contribution in [0.25, 0.3) is 22.3 Å². The van der Waals surface area contributed by atoms with Gasteiger partial charge in [0.15, 0.2) is 0 Å². The Morgan fingerprint density at radius 1 is 1.13 bits per heavy atom. The average Bonchev–Trinajstić information content (AvgIpc) is 3.28. The van der Waals surface area contributed by atoms with Crippen molar-refractivity contribution in [1.29, 1.82) is 0 Å². The molecule has 4 N–H and O–H groups in total. The first kappa shape index (κ1) is 25.5. The van der Waals surface area contributed by atoms with E-state index in [0.717, 1.165) is 33.5 Å². The number of benzene rings is 2. The number of ether oxygens (including phenoxy) is 1. The van der Waals surface area contributed by atoms with Crippen molar-refractivity contribution in [2.24, 2.45) is 7.05 Å². The lowest BCUT2D eigenvalue weighted by Gasteiger charge is -2.23. The molecule has 0 unspecified atom stereocenters. The summed E-state index contributed by atoms with van der Waals surface area (Å²) in [5, 5.41) is 13.7. The van der Waals surface area contributed by atoms with Crippen molar-refractivity contribution in [3.63, 3.8) is 0 Å². The van der Waals surface area contributed by atoms with Crippen molar-refractivity contribution < 1.29 is 14.6 Å². The van der Waals surface area contributed by atoms with E-state index in [1.807, 2.05) is 66.2 Å². The number of pyridine rings is 1. The van der Waals surface area contributed by atoms with Crippen molar-refractivity contribution in [2.45, 2.75) is 6.42 Å². The summed E-state index contributed by atoms with van der Waals surface area (Å²) >= 11 is 0. The molecule has 198 valence electrons. The van der Waals surface area contributed by atoms with E-state index >= 15 is 0 Å². The summed E-state index contributed by atoms with van der Waals surface area (Å²) in [4.78, 5) is 27.1. The molecule has 3 heterocycles. The van der Waals surface area contributed by atoms with Gasteiger partial charge in [-0.2, -0.15) is 0 Å². The van der Waals surface area contributed by atoms with Crippen molar-refractivity contribution in [2.75, 3.05) is 36.7 Å². The van der Waals surface area contributed by atoms with Gasteiger partial charge < -0.3 is 30.4 Å². The third-order valence-electron chi connectivity index (χ3n) is 6.64. The summed E-state index contributed by atoms with van der Waals surface area (Å²) in [5.41, 5.74) is 12.0. The number of carboxylic acids is 1. The lowest BCUT2D eigenvalue weighted by molar-refractivity contribution is 0.0695. The van der Waals surface area contributed by atoms with E-state index in [-0.39, 0.29) is 0 Å². The summed E-state index contributed by atoms with van der Waals surface area (Å²) in [5.74, 6) is 0.0334. The molecule has 3 aromatic heterocycles. The molecule has 0 spiro atoms. The molecule has 0 bridgehead atoms. The number of likely N-dealkylation sites (N-methyl/N-ethyl adjacent to an activating group) is 1. The zero-order chi connectivity index (χ0) is 27.5. The number of rotatable bonds is 9. The highest BCUT2D eigenvalue weighted by atomic mass is 16.5. The predicted octanol–water partition coefficient (Wildman–Crippen LogP) is 4.74. The second-order valence-corrected chi connectivity index (χ2v) is 9.16. The summed E-state index contributed by atoms with van der Waals surface area (Å²) < 4.78 is 7.63. The van der Waals surface area contributed by atoms with Crippen LogP contribution in [0.2, 0.25) is 0 Å². The Morgan fingerprint density at radius 2 is 1.95 bits per heavy atom. The van der Waals surface area contributed by atoms with Gasteiger partial charge >= 0.3 is 5.97 Å². The van der Waals surface area contributed by atoms with E-state index in [1.165, 1.54) is 0 Å². The quantitative estimate of drug-likeness (QED) is 0.234.